The van der Waals surface area contributed by atoms with Gasteiger partial charge in [0.15, 0.2) is 1.41 Å². The Bertz CT molecular complexity index is 1320. The summed E-state index contributed by atoms with van der Waals surface area (Å²) in [5, 5.41) is 10.3. The fourth-order valence-corrected chi connectivity index (χ4v) is 3.69. The molecule has 1 aliphatic rings. The molecule has 1 saturated heterocycles. The van der Waals surface area contributed by atoms with Crippen molar-refractivity contribution in [1.29, 1.82) is 5.26 Å². The minimum Gasteiger partial charge on any atom is -0.367 e. The zero-order valence-corrected chi connectivity index (χ0v) is 15.5. The summed E-state index contributed by atoms with van der Waals surface area (Å²) in [5.74, 6) is -1.04. The smallest absolute Gasteiger partial charge is 0.162 e. The number of hydrogen-bond donors (Lipinski definition) is 1. The Morgan fingerprint density at radius 1 is 1.52 bits per heavy atom. The minimum atomic E-state index is -2.48. The first kappa shape index (κ1) is 11.5. The van der Waals surface area contributed by atoms with E-state index in [2.05, 4.69) is 9.97 Å². The maximum atomic E-state index is 14.6. The molecule has 0 saturated carbocycles. The Labute approximate surface area is 175 Å². The van der Waals surface area contributed by atoms with Crippen molar-refractivity contribution in [2.24, 2.45) is 0 Å². The van der Waals surface area contributed by atoms with Gasteiger partial charge in [0.2, 0.25) is 0 Å². The zero-order valence-electron chi connectivity index (χ0n) is 20.9. The molecule has 0 amide bonds. The van der Waals surface area contributed by atoms with Crippen LogP contribution in [0.15, 0.2) is 30.5 Å². The molecule has 3 aromatic rings. The molecule has 4 rings (SSSR count). The largest absolute Gasteiger partial charge is 0.367 e. The molecule has 0 spiro atoms. The topological polar surface area (TPSA) is 64.8 Å². The number of hydrogen-bond acceptors (Lipinski definition) is 6. The second-order valence-corrected chi connectivity index (χ2v) is 7.38. The maximum Gasteiger partial charge on any atom is 0.162 e. The summed E-state index contributed by atoms with van der Waals surface area (Å²) in [6, 6.07) is -0.356. The molecule has 2 aromatic heterocycles. The maximum absolute atomic E-state index is 14.6. The van der Waals surface area contributed by atoms with E-state index in [4.69, 9.17) is 21.2 Å². The predicted octanol–water partition coefficient (Wildman–Crippen LogP) is 4.43. The van der Waals surface area contributed by atoms with Crippen molar-refractivity contribution in [3.05, 3.63) is 51.8 Å². The Kier molecular flexibility index (Phi) is 3.32. The van der Waals surface area contributed by atoms with Crippen molar-refractivity contribution in [3.8, 4) is 6.07 Å². The SMILES string of the molecule is [2H]c1cc(F)c(C([2H])([2H])N2CCC([2H])(N([2H])c3ncnc4sc(Cl)c([2H])c34)CC2)c([2H])c1C#N. The average molecular weight is 409 g/mol. The normalized spacial score (nSPS) is 21.1. The molecule has 1 aliphatic heterocycles. The standard InChI is InChI=1S/C19H17ClFN5S/c20-17-8-15-18(23-11-24-19(15)27-17)25-14-3-5-26(6-4-14)10-13-7-12(9-22)1-2-16(13)21/h1-2,7-8,11,14H,3-6,10H2,(H,23,24,25)/i1D,7D,8D,10D2,14D/hD. The second kappa shape index (κ2) is 7.77. The van der Waals surface area contributed by atoms with Crippen molar-refractivity contribution in [2.45, 2.75) is 25.4 Å². The number of fused-ring (bicyclic) bond motifs is 1. The van der Waals surface area contributed by atoms with Crippen LogP contribution in [0.25, 0.3) is 10.2 Å². The lowest BCUT2D eigenvalue weighted by Crippen LogP contribution is -2.39. The first-order chi connectivity index (χ1) is 15.9. The van der Waals surface area contributed by atoms with Crippen LogP contribution < -0.4 is 5.31 Å². The molecule has 1 N–H and O–H groups in total. The molecule has 1 fully saturated rings. The highest BCUT2D eigenvalue weighted by molar-refractivity contribution is 7.22. The average Bonchev–Trinajstić information content (AvgIpc) is 3.07. The van der Waals surface area contributed by atoms with Crippen LogP contribution in [-0.2, 0) is 6.50 Å². The van der Waals surface area contributed by atoms with E-state index in [9.17, 15) is 9.65 Å². The highest BCUT2D eigenvalue weighted by Gasteiger charge is 2.21. The van der Waals surface area contributed by atoms with E-state index in [1.807, 2.05) is 0 Å². The van der Waals surface area contributed by atoms with E-state index in [0.717, 1.165) is 22.7 Å². The molecule has 0 atom stereocenters. The number of likely N-dealkylation sites (tertiary alicyclic amines) is 1. The van der Waals surface area contributed by atoms with Gasteiger partial charge in [-0.2, -0.15) is 5.26 Å². The number of halogens is 2. The summed E-state index contributed by atoms with van der Waals surface area (Å²) in [4.78, 5) is 9.83. The van der Waals surface area contributed by atoms with Gasteiger partial charge in [-0.3, -0.25) is 4.90 Å². The van der Waals surface area contributed by atoms with E-state index in [1.54, 1.807) is 6.07 Å². The Morgan fingerprint density at radius 2 is 2.33 bits per heavy atom. The van der Waals surface area contributed by atoms with Gasteiger partial charge in [-0.25, -0.2) is 14.4 Å². The molecule has 0 radical (unpaired) electrons. The molecular weight excluding hydrogens is 385 g/mol. The number of nitrogens with zero attached hydrogens (tertiary/aromatic N) is 4. The summed E-state index contributed by atoms with van der Waals surface area (Å²) < 4.78 is 73.2. The Balaban J connectivity index is 1.62. The molecule has 0 bridgehead atoms. The summed E-state index contributed by atoms with van der Waals surface area (Å²) >= 11 is 7.12. The number of anilines is 1. The third-order valence-corrected chi connectivity index (χ3v) is 5.13. The van der Waals surface area contributed by atoms with Crippen LogP contribution in [0.5, 0.6) is 0 Å². The molecule has 5 nitrogen and oxygen atoms in total. The van der Waals surface area contributed by atoms with Gasteiger partial charge in [0, 0.05) is 33.9 Å². The number of aromatic nitrogens is 2. The number of piperidine rings is 1. The van der Waals surface area contributed by atoms with Crippen LogP contribution in [0.3, 0.4) is 0 Å². The zero-order chi connectivity index (χ0) is 25.0. The van der Waals surface area contributed by atoms with Crippen LogP contribution in [-0.4, -0.2) is 34.0 Å². The number of benzene rings is 1. The number of rotatable bonds is 4. The van der Waals surface area contributed by atoms with Gasteiger partial charge in [0.25, 0.3) is 0 Å². The third-order valence-electron chi connectivity index (χ3n) is 4.02. The van der Waals surface area contributed by atoms with E-state index >= 15 is 0 Å². The third kappa shape index (κ3) is 4.03. The van der Waals surface area contributed by atoms with Crippen molar-refractivity contribution < 1.29 is 14.0 Å². The monoisotopic (exact) mass is 408 g/mol. The van der Waals surface area contributed by atoms with Crippen molar-refractivity contribution in [1.82, 2.24) is 14.9 Å². The van der Waals surface area contributed by atoms with Crippen LogP contribution in [0.1, 0.15) is 32.2 Å². The van der Waals surface area contributed by atoms with E-state index in [0.29, 0.717) is 4.83 Å². The van der Waals surface area contributed by atoms with Gasteiger partial charge in [0.05, 0.1) is 26.8 Å². The fourth-order valence-electron chi connectivity index (χ4n) is 2.71. The summed E-state index contributed by atoms with van der Waals surface area (Å²) in [6.07, 6.45) is 1.18. The number of thiophene rings is 1. The second-order valence-electron chi connectivity index (χ2n) is 5.78. The number of nitriles is 1. The van der Waals surface area contributed by atoms with Gasteiger partial charge < -0.3 is 5.31 Å². The first-order valence-corrected chi connectivity index (χ1v) is 9.26. The highest BCUT2D eigenvalue weighted by Crippen LogP contribution is 2.32. The van der Waals surface area contributed by atoms with Gasteiger partial charge in [-0.15, -0.1) is 11.3 Å². The molecule has 0 unspecified atom stereocenters. The van der Waals surface area contributed by atoms with Crippen LogP contribution in [0.4, 0.5) is 10.2 Å². The molecule has 138 valence electrons. The van der Waals surface area contributed by atoms with Crippen LogP contribution in [0, 0.1) is 17.1 Å². The van der Waals surface area contributed by atoms with Crippen molar-refractivity contribution in [3.63, 3.8) is 0 Å². The van der Waals surface area contributed by atoms with E-state index < -0.39 is 41.5 Å². The van der Waals surface area contributed by atoms with Gasteiger partial charge in [-0.05, 0) is 37.0 Å². The molecule has 27 heavy (non-hydrogen) atoms. The lowest BCUT2D eigenvalue weighted by atomic mass is 10.0. The fraction of sp³-hybridized carbons (Fsp3) is 0.316. The highest BCUT2D eigenvalue weighted by atomic mass is 35.5. The predicted molar refractivity (Wildman–Crippen MR) is 105 cm³/mol. The van der Waals surface area contributed by atoms with Crippen LogP contribution >= 0.6 is 22.9 Å². The first-order valence-electron chi connectivity index (χ1n) is 11.5. The quantitative estimate of drug-likeness (QED) is 0.691. The van der Waals surface area contributed by atoms with Gasteiger partial charge >= 0.3 is 0 Å². The van der Waals surface area contributed by atoms with Gasteiger partial charge in [0.1, 0.15) is 22.8 Å². The summed E-state index contributed by atoms with van der Waals surface area (Å²) in [5.41, 5.74) is -1.05. The molecule has 0 aliphatic carbocycles. The van der Waals surface area contributed by atoms with Crippen LogP contribution in [0.2, 0.25) is 5.75 Å². The number of nitrogens with one attached hydrogen (secondary N) is 1. The minimum absolute atomic E-state index is 0.0245. The molecule has 1 aromatic carbocycles. The molecular formula is C19H17ClFN5S. The summed E-state index contributed by atoms with van der Waals surface area (Å²) in [6.45, 7) is -2.59. The lowest BCUT2D eigenvalue weighted by Gasteiger charge is -2.32. The van der Waals surface area contributed by atoms with E-state index in [-0.39, 0.29) is 47.5 Å². The molecule has 3 heterocycles. The van der Waals surface area contributed by atoms with Crippen molar-refractivity contribution in [2.75, 3.05) is 18.4 Å². The summed E-state index contributed by atoms with van der Waals surface area (Å²) in [7, 11) is 0. The van der Waals surface area contributed by atoms with Crippen molar-refractivity contribution >= 4 is 39.0 Å². The Hall–Kier alpha value is -2.27. The van der Waals surface area contributed by atoms with Gasteiger partial charge in [-0.1, -0.05) is 11.6 Å². The van der Waals surface area contributed by atoms with E-state index in [1.165, 1.54) is 11.2 Å². The lowest BCUT2D eigenvalue weighted by molar-refractivity contribution is 0.209. The Morgan fingerprint density at radius 3 is 3.11 bits per heavy atom. The molecule has 8 heteroatoms.